The molecule has 2 unspecified atom stereocenters. The molecule has 3 rings (SSSR count). The van der Waals surface area contributed by atoms with E-state index in [4.69, 9.17) is 4.74 Å². The minimum Gasteiger partial charge on any atom is -0.387 e. The lowest BCUT2D eigenvalue weighted by Gasteiger charge is -2.13. The Morgan fingerprint density at radius 3 is 3.15 bits per heavy atom. The molecular formula is C15H17NO3S. The quantitative estimate of drug-likeness (QED) is 0.907. The van der Waals surface area contributed by atoms with Gasteiger partial charge in [0.1, 0.15) is 0 Å². The lowest BCUT2D eigenvalue weighted by atomic mass is 10.1. The predicted molar refractivity (Wildman–Crippen MR) is 78.7 cm³/mol. The highest BCUT2D eigenvalue weighted by molar-refractivity contribution is 7.17. The minimum atomic E-state index is -0.669. The van der Waals surface area contributed by atoms with Crippen LogP contribution in [0.25, 0.3) is 10.1 Å². The highest BCUT2D eigenvalue weighted by atomic mass is 32.1. The van der Waals surface area contributed by atoms with Gasteiger partial charge in [-0.05, 0) is 23.3 Å². The van der Waals surface area contributed by atoms with Crippen molar-refractivity contribution < 1.29 is 14.6 Å². The van der Waals surface area contributed by atoms with Gasteiger partial charge in [0.25, 0.3) is 0 Å². The number of hydrogen-bond acceptors (Lipinski definition) is 4. The van der Waals surface area contributed by atoms with Crippen LogP contribution in [0, 0.1) is 5.92 Å². The first kappa shape index (κ1) is 13.5. The predicted octanol–water partition coefficient (Wildman–Crippen LogP) is 2.09. The van der Waals surface area contributed by atoms with Crippen molar-refractivity contribution in [3.05, 3.63) is 35.2 Å². The molecule has 0 radical (unpaired) electrons. The van der Waals surface area contributed by atoms with Crippen LogP contribution in [-0.4, -0.2) is 30.8 Å². The Kier molecular flexibility index (Phi) is 4.00. The third-order valence-electron chi connectivity index (χ3n) is 3.64. The van der Waals surface area contributed by atoms with E-state index in [0.29, 0.717) is 13.2 Å². The van der Waals surface area contributed by atoms with Crippen molar-refractivity contribution >= 4 is 27.3 Å². The van der Waals surface area contributed by atoms with E-state index in [9.17, 15) is 9.90 Å². The average molecular weight is 291 g/mol. The number of nitrogens with one attached hydrogen (secondary N) is 1. The van der Waals surface area contributed by atoms with Crippen LogP contribution >= 0.6 is 11.3 Å². The first-order chi connectivity index (χ1) is 9.75. The van der Waals surface area contributed by atoms with Gasteiger partial charge in [0.2, 0.25) is 5.91 Å². The second-order valence-electron chi connectivity index (χ2n) is 5.01. The lowest BCUT2D eigenvalue weighted by Crippen LogP contribution is -2.34. The van der Waals surface area contributed by atoms with E-state index in [-0.39, 0.29) is 18.4 Å². The van der Waals surface area contributed by atoms with E-state index < -0.39 is 6.10 Å². The second-order valence-corrected chi connectivity index (χ2v) is 5.92. The molecule has 2 aromatic rings. The number of hydrogen-bond donors (Lipinski definition) is 2. The normalized spacial score (nSPS) is 20.1. The molecule has 2 atom stereocenters. The number of fused-ring (bicyclic) bond motifs is 1. The van der Waals surface area contributed by atoms with Crippen LogP contribution < -0.4 is 5.32 Å². The van der Waals surface area contributed by atoms with Gasteiger partial charge in [-0.15, -0.1) is 11.3 Å². The second kappa shape index (κ2) is 5.91. The van der Waals surface area contributed by atoms with Crippen LogP contribution in [0.4, 0.5) is 0 Å². The molecule has 4 nitrogen and oxygen atoms in total. The average Bonchev–Trinajstić information content (AvgIpc) is 3.13. The Morgan fingerprint density at radius 2 is 2.35 bits per heavy atom. The SMILES string of the molecule is O=C(NCC(O)c1csc2ccccc12)C1CCOC1. The number of benzene rings is 1. The van der Waals surface area contributed by atoms with E-state index >= 15 is 0 Å². The van der Waals surface area contributed by atoms with Crippen molar-refractivity contribution in [2.45, 2.75) is 12.5 Å². The smallest absolute Gasteiger partial charge is 0.225 e. The van der Waals surface area contributed by atoms with Gasteiger partial charge in [-0.25, -0.2) is 0 Å². The molecule has 0 spiro atoms. The summed E-state index contributed by atoms with van der Waals surface area (Å²) in [7, 11) is 0. The molecule has 1 fully saturated rings. The monoisotopic (exact) mass is 291 g/mol. The van der Waals surface area contributed by atoms with Crippen molar-refractivity contribution in [3.63, 3.8) is 0 Å². The standard InChI is InChI=1S/C15H17NO3S/c17-13(7-16-15(18)10-5-6-19-8-10)12-9-20-14-4-2-1-3-11(12)14/h1-4,9-10,13,17H,5-8H2,(H,16,18). The van der Waals surface area contributed by atoms with Gasteiger partial charge in [-0.3, -0.25) is 4.79 Å². The highest BCUT2D eigenvalue weighted by Gasteiger charge is 2.24. The molecule has 106 valence electrons. The largest absolute Gasteiger partial charge is 0.387 e. The number of carbonyl (C=O) groups is 1. The van der Waals surface area contributed by atoms with Crippen molar-refractivity contribution in [2.75, 3.05) is 19.8 Å². The Labute approximate surface area is 121 Å². The van der Waals surface area contributed by atoms with E-state index in [1.807, 2.05) is 29.6 Å². The zero-order chi connectivity index (χ0) is 13.9. The Bertz CT molecular complexity index is 604. The van der Waals surface area contributed by atoms with Gasteiger partial charge >= 0.3 is 0 Å². The summed E-state index contributed by atoms with van der Waals surface area (Å²) in [6.45, 7) is 1.38. The summed E-state index contributed by atoms with van der Waals surface area (Å²) in [5.74, 6) is -0.0949. The summed E-state index contributed by atoms with van der Waals surface area (Å²) in [6, 6.07) is 7.97. The van der Waals surface area contributed by atoms with Crippen LogP contribution in [-0.2, 0) is 9.53 Å². The molecule has 0 aliphatic carbocycles. The maximum Gasteiger partial charge on any atom is 0.225 e. The fourth-order valence-electron chi connectivity index (χ4n) is 2.45. The zero-order valence-electron chi connectivity index (χ0n) is 11.0. The summed E-state index contributed by atoms with van der Waals surface area (Å²) < 4.78 is 6.34. The van der Waals surface area contributed by atoms with Gasteiger partial charge < -0.3 is 15.2 Å². The molecule has 1 aliphatic heterocycles. The van der Waals surface area contributed by atoms with Gasteiger partial charge in [0.05, 0.1) is 18.6 Å². The Hall–Kier alpha value is -1.43. The molecule has 0 saturated carbocycles. The number of amides is 1. The number of aliphatic hydroxyl groups is 1. The summed E-state index contributed by atoms with van der Waals surface area (Å²) >= 11 is 1.61. The van der Waals surface area contributed by atoms with E-state index in [2.05, 4.69) is 5.32 Å². The number of carbonyl (C=O) groups excluding carboxylic acids is 1. The maximum absolute atomic E-state index is 11.9. The molecule has 0 bridgehead atoms. The fourth-order valence-corrected chi connectivity index (χ4v) is 3.46. The highest BCUT2D eigenvalue weighted by Crippen LogP contribution is 2.29. The first-order valence-corrected chi connectivity index (χ1v) is 7.63. The molecule has 1 amide bonds. The maximum atomic E-state index is 11.9. The van der Waals surface area contributed by atoms with E-state index in [1.54, 1.807) is 11.3 Å². The van der Waals surface area contributed by atoms with Gasteiger partial charge in [0, 0.05) is 23.4 Å². The van der Waals surface area contributed by atoms with Crippen LogP contribution in [0.3, 0.4) is 0 Å². The molecular weight excluding hydrogens is 274 g/mol. The molecule has 2 N–H and O–H groups in total. The number of rotatable bonds is 4. The Balaban J connectivity index is 1.64. The van der Waals surface area contributed by atoms with Crippen molar-refractivity contribution in [2.24, 2.45) is 5.92 Å². The van der Waals surface area contributed by atoms with Crippen LogP contribution in [0.15, 0.2) is 29.6 Å². The number of aliphatic hydroxyl groups excluding tert-OH is 1. The summed E-state index contributed by atoms with van der Waals surface area (Å²) in [6.07, 6.45) is 0.0981. The van der Waals surface area contributed by atoms with E-state index in [1.165, 1.54) is 0 Å². The molecule has 5 heteroatoms. The Morgan fingerprint density at radius 1 is 1.50 bits per heavy atom. The molecule has 1 aromatic carbocycles. The minimum absolute atomic E-state index is 0.0268. The van der Waals surface area contributed by atoms with Gasteiger partial charge in [-0.1, -0.05) is 18.2 Å². The van der Waals surface area contributed by atoms with E-state index in [0.717, 1.165) is 22.1 Å². The molecule has 2 heterocycles. The zero-order valence-corrected chi connectivity index (χ0v) is 11.9. The first-order valence-electron chi connectivity index (χ1n) is 6.75. The van der Waals surface area contributed by atoms with Crippen LogP contribution in [0.1, 0.15) is 18.1 Å². The summed E-state index contributed by atoms with van der Waals surface area (Å²) in [5, 5.41) is 16.1. The van der Waals surface area contributed by atoms with Crippen molar-refractivity contribution in [1.82, 2.24) is 5.32 Å². The van der Waals surface area contributed by atoms with Crippen LogP contribution in [0.2, 0.25) is 0 Å². The van der Waals surface area contributed by atoms with Crippen molar-refractivity contribution in [3.8, 4) is 0 Å². The summed E-state index contributed by atoms with van der Waals surface area (Å²) in [4.78, 5) is 11.9. The number of ether oxygens (including phenoxy) is 1. The van der Waals surface area contributed by atoms with Gasteiger partial charge in [-0.2, -0.15) is 0 Å². The molecule has 1 saturated heterocycles. The van der Waals surface area contributed by atoms with Gasteiger partial charge in [0.15, 0.2) is 0 Å². The third-order valence-corrected chi connectivity index (χ3v) is 4.62. The molecule has 20 heavy (non-hydrogen) atoms. The lowest BCUT2D eigenvalue weighted by molar-refractivity contribution is -0.125. The third kappa shape index (κ3) is 2.70. The summed E-state index contributed by atoms with van der Waals surface area (Å²) in [5.41, 5.74) is 0.883. The van der Waals surface area contributed by atoms with Crippen LogP contribution in [0.5, 0.6) is 0 Å². The number of thiophene rings is 1. The molecule has 1 aliphatic rings. The molecule has 1 aromatic heterocycles. The fraction of sp³-hybridized carbons (Fsp3) is 0.400. The van der Waals surface area contributed by atoms with Crippen molar-refractivity contribution in [1.29, 1.82) is 0 Å². The topological polar surface area (TPSA) is 58.6 Å².